The van der Waals surface area contributed by atoms with E-state index in [4.69, 9.17) is 0 Å². The first-order valence-corrected chi connectivity index (χ1v) is 8.15. The Kier molecular flexibility index (Phi) is 3.49. The molecule has 0 aromatic heterocycles. The molecule has 108 valence electrons. The third-order valence-corrected chi connectivity index (χ3v) is 5.61. The Hall–Kier alpha value is -1.44. The van der Waals surface area contributed by atoms with Crippen molar-refractivity contribution in [3.8, 4) is 0 Å². The van der Waals surface area contributed by atoms with Crippen molar-refractivity contribution in [2.45, 2.75) is 11.3 Å². The van der Waals surface area contributed by atoms with Gasteiger partial charge in [-0.25, -0.2) is 8.42 Å². The lowest BCUT2D eigenvalue weighted by atomic mass is 10.0. The minimum Gasteiger partial charge on any atom is -0.352 e. The van der Waals surface area contributed by atoms with Crippen molar-refractivity contribution in [3.05, 3.63) is 29.3 Å². The molecule has 2 aliphatic heterocycles. The molecule has 0 bridgehead atoms. The maximum atomic E-state index is 12.5. The predicted molar refractivity (Wildman–Crippen MR) is 74.1 cm³/mol. The summed E-state index contributed by atoms with van der Waals surface area (Å²) in [5.74, 6) is -0.191. The number of nitrogens with zero attached hydrogens (tertiary/aromatic N) is 1. The molecule has 7 heteroatoms. The predicted octanol–water partition coefficient (Wildman–Crippen LogP) is -0.434. The van der Waals surface area contributed by atoms with Crippen LogP contribution in [0.25, 0.3) is 0 Å². The van der Waals surface area contributed by atoms with Gasteiger partial charge in [0.1, 0.15) is 0 Å². The van der Waals surface area contributed by atoms with E-state index in [0.29, 0.717) is 38.3 Å². The number of carbonyl (C=O) groups is 1. The standard InChI is InChI=1S/C13H17N3O3S/c17-13-12-9-11(2-1-10(12)3-4-15-13)20(18,19)16-7-5-14-6-8-16/h1-2,9,14H,3-8H2,(H,15,17). The Morgan fingerprint density at radius 2 is 1.85 bits per heavy atom. The Bertz CT molecular complexity index is 636. The minimum absolute atomic E-state index is 0.191. The molecule has 0 radical (unpaired) electrons. The van der Waals surface area contributed by atoms with E-state index in [1.54, 1.807) is 12.1 Å². The highest BCUT2D eigenvalue weighted by Crippen LogP contribution is 2.22. The van der Waals surface area contributed by atoms with Crippen LogP contribution >= 0.6 is 0 Å². The van der Waals surface area contributed by atoms with E-state index in [1.165, 1.54) is 10.4 Å². The largest absolute Gasteiger partial charge is 0.352 e. The average molecular weight is 295 g/mol. The van der Waals surface area contributed by atoms with Crippen molar-refractivity contribution < 1.29 is 13.2 Å². The van der Waals surface area contributed by atoms with Crippen LogP contribution in [-0.4, -0.2) is 51.4 Å². The zero-order chi connectivity index (χ0) is 14.2. The van der Waals surface area contributed by atoms with Crippen molar-refractivity contribution >= 4 is 15.9 Å². The van der Waals surface area contributed by atoms with Crippen LogP contribution < -0.4 is 10.6 Å². The first-order chi connectivity index (χ1) is 9.59. The minimum atomic E-state index is -3.51. The summed E-state index contributed by atoms with van der Waals surface area (Å²) in [7, 11) is -3.51. The topological polar surface area (TPSA) is 78.5 Å². The first-order valence-electron chi connectivity index (χ1n) is 6.71. The lowest BCUT2D eigenvalue weighted by Crippen LogP contribution is -2.46. The van der Waals surface area contributed by atoms with Crippen molar-refractivity contribution in [2.75, 3.05) is 32.7 Å². The number of nitrogens with one attached hydrogen (secondary N) is 2. The molecule has 2 N–H and O–H groups in total. The van der Waals surface area contributed by atoms with Gasteiger partial charge in [0.15, 0.2) is 0 Å². The van der Waals surface area contributed by atoms with E-state index < -0.39 is 10.0 Å². The summed E-state index contributed by atoms with van der Waals surface area (Å²) in [4.78, 5) is 12.0. The summed E-state index contributed by atoms with van der Waals surface area (Å²) in [5, 5.41) is 5.86. The highest BCUT2D eigenvalue weighted by Gasteiger charge is 2.27. The molecule has 2 heterocycles. The molecule has 0 aliphatic carbocycles. The number of amides is 1. The lowest BCUT2D eigenvalue weighted by Gasteiger charge is -2.27. The van der Waals surface area contributed by atoms with Crippen LogP contribution in [0.1, 0.15) is 15.9 Å². The van der Waals surface area contributed by atoms with Gasteiger partial charge in [-0.1, -0.05) is 6.07 Å². The number of rotatable bonds is 2. The maximum absolute atomic E-state index is 12.5. The van der Waals surface area contributed by atoms with Gasteiger partial charge in [0.2, 0.25) is 10.0 Å². The molecule has 6 nitrogen and oxygen atoms in total. The van der Waals surface area contributed by atoms with E-state index in [1.807, 2.05) is 0 Å². The van der Waals surface area contributed by atoms with Gasteiger partial charge >= 0.3 is 0 Å². The summed E-state index contributed by atoms with van der Waals surface area (Å²) in [6, 6.07) is 4.86. The van der Waals surface area contributed by atoms with E-state index in [2.05, 4.69) is 10.6 Å². The number of hydrogen-bond acceptors (Lipinski definition) is 4. The van der Waals surface area contributed by atoms with E-state index in [-0.39, 0.29) is 10.8 Å². The Balaban J connectivity index is 1.97. The third-order valence-electron chi connectivity index (χ3n) is 3.72. The molecular formula is C13H17N3O3S. The summed E-state index contributed by atoms with van der Waals surface area (Å²) in [5.41, 5.74) is 1.39. The van der Waals surface area contributed by atoms with E-state index in [9.17, 15) is 13.2 Å². The molecular weight excluding hydrogens is 278 g/mol. The number of carbonyl (C=O) groups excluding carboxylic acids is 1. The van der Waals surface area contributed by atoms with Crippen LogP contribution in [0.15, 0.2) is 23.1 Å². The van der Waals surface area contributed by atoms with Gasteiger partial charge in [0.25, 0.3) is 5.91 Å². The van der Waals surface area contributed by atoms with Crippen molar-refractivity contribution in [3.63, 3.8) is 0 Å². The van der Waals surface area contributed by atoms with Crippen LogP contribution in [0.5, 0.6) is 0 Å². The maximum Gasteiger partial charge on any atom is 0.251 e. The average Bonchev–Trinajstić information content (AvgIpc) is 2.48. The fraction of sp³-hybridized carbons (Fsp3) is 0.462. The second kappa shape index (κ2) is 5.16. The first kappa shape index (κ1) is 13.5. The highest BCUT2D eigenvalue weighted by molar-refractivity contribution is 7.89. The van der Waals surface area contributed by atoms with Crippen LogP contribution in [-0.2, 0) is 16.4 Å². The zero-order valence-electron chi connectivity index (χ0n) is 11.1. The molecule has 3 rings (SSSR count). The molecule has 1 aromatic carbocycles. The monoisotopic (exact) mass is 295 g/mol. The number of hydrogen-bond donors (Lipinski definition) is 2. The SMILES string of the molecule is O=C1NCCc2ccc(S(=O)(=O)N3CCNCC3)cc21. The van der Waals surface area contributed by atoms with Gasteiger partial charge in [0, 0.05) is 38.3 Å². The molecule has 1 fully saturated rings. The second-order valence-electron chi connectivity index (χ2n) is 4.98. The summed E-state index contributed by atoms with van der Waals surface area (Å²) >= 11 is 0. The van der Waals surface area contributed by atoms with Crippen LogP contribution in [0.4, 0.5) is 0 Å². The molecule has 0 unspecified atom stereocenters. The van der Waals surface area contributed by atoms with Crippen molar-refractivity contribution in [2.24, 2.45) is 0 Å². The molecule has 20 heavy (non-hydrogen) atoms. The zero-order valence-corrected chi connectivity index (χ0v) is 11.9. The number of fused-ring (bicyclic) bond motifs is 1. The second-order valence-corrected chi connectivity index (χ2v) is 6.92. The number of benzene rings is 1. The van der Waals surface area contributed by atoms with Gasteiger partial charge in [0.05, 0.1) is 4.90 Å². The smallest absolute Gasteiger partial charge is 0.251 e. The summed E-state index contributed by atoms with van der Waals surface area (Å²) < 4.78 is 26.6. The summed E-state index contributed by atoms with van der Waals surface area (Å²) in [6.07, 6.45) is 0.745. The fourth-order valence-electron chi connectivity index (χ4n) is 2.59. The normalized spacial score (nSPS) is 20.3. The van der Waals surface area contributed by atoms with Crippen molar-refractivity contribution in [1.29, 1.82) is 0 Å². The van der Waals surface area contributed by atoms with E-state index >= 15 is 0 Å². The van der Waals surface area contributed by atoms with Gasteiger partial charge in [-0.15, -0.1) is 0 Å². The van der Waals surface area contributed by atoms with Gasteiger partial charge in [-0.05, 0) is 24.1 Å². The number of sulfonamides is 1. The van der Waals surface area contributed by atoms with Crippen LogP contribution in [0, 0.1) is 0 Å². The molecule has 1 aromatic rings. The Morgan fingerprint density at radius 3 is 2.60 bits per heavy atom. The van der Waals surface area contributed by atoms with Crippen LogP contribution in [0.3, 0.4) is 0 Å². The molecule has 0 saturated carbocycles. The molecule has 1 saturated heterocycles. The van der Waals surface area contributed by atoms with Gasteiger partial charge in [-0.3, -0.25) is 4.79 Å². The molecule has 1 amide bonds. The Morgan fingerprint density at radius 1 is 1.10 bits per heavy atom. The molecule has 0 spiro atoms. The van der Waals surface area contributed by atoms with Crippen LogP contribution in [0.2, 0.25) is 0 Å². The molecule has 2 aliphatic rings. The van der Waals surface area contributed by atoms with Gasteiger partial charge in [-0.2, -0.15) is 4.31 Å². The lowest BCUT2D eigenvalue weighted by molar-refractivity contribution is 0.0945. The van der Waals surface area contributed by atoms with Crippen molar-refractivity contribution in [1.82, 2.24) is 14.9 Å². The number of piperazine rings is 1. The summed E-state index contributed by atoms with van der Waals surface area (Å²) in [6.45, 7) is 2.85. The third kappa shape index (κ3) is 2.32. The van der Waals surface area contributed by atoms with Gasteiger partial charge < -0.3 is 10.6 Å². The van der Waals surface area contributed by atoms with E-state index in [0.717, 1.165) is 12.0 Å². The highest BCUT2D eigenvalue weighted by atomic mass is 32.2. The fourth-order valence-corrected chi connectivity index (χ4v) is 4.05. The Labute approximate surface area is 118 Å². The quantitative estimate of drug-likeness (QED) is 0.776. The molecule has 0 atom stereocenters.